The van der Waals surface area contributed by atoms with Crippen LogP contribution in [0, 0.1) is 0 Å². The Labute approximate surface area is 123 Å². The van der Waals surface area contributed by atoms with E-state index in [0.29, 0.717) is 0 Å². The van der Waals surface area contributed by atoms with Gasteiger partial charge in [-0.05, 0) is 28.5 Å². The van der Waals surface area contributed by atoms with E-state index >= 15 is 0 Å². The van der Waals surface area contributed by atoms with E-state index < -0.39 is 0 Å². The van der Waals surface area contributed by atoms with Crippen LogP contribution in [0.1, 0.15) is 5.56 Å². The van der Waals surface area contributed by atoms with E-state index in [1.54, 1.807) is 0 Å². The Morgan fingerprint density at radius 2 is 1.52 bits per heavy atom. The molecule has 0 spiro atoms. The summed E-state index contributed by atoms with van der Waals surface area (Å²) in [6, 6.07) is 20.6. The molecular formula is C17H15BN2O. The van der Waals surface area contributed by atoms with Crippen molar-refractivity contribution in [3.63, 3.8) is 0 Å². The summed E-state index contributed by atoms with van der Waals surface area (Å²) < 4.78 is 0. The standard InChI is InChI=1S/C17H15BN2O/c21-11-12-4-1-7-14(10-12)18-19-15-8-2-5-13-6-3-9-16(20-18)17(13)15/h1-10,19-21H,11H2. The molecule has 1 aliphatic heterocycles. The van der Waals surface area contributed by atoms with Crippen molar-refractivity contribution in [2.45, 2.75) is 6.61 Å². The highest BCUT2D eigenvalue weighted by atomic mass is 16.3. The molecular weight excluding hydrogens is 259 g/mol. The zero-order valence-corrected chi connectivity index (χ0v) is 11.5. The Hall–Kier alpha value is -2.46. The second kappa shape index (κ2) is 4.83. The molecule has 4 heteroatoms. The fourth-order valence-corrected chi connectivity index (χ4v) is 2.97. The van der Waals surface area contributed by atoms with Gasteiger partial charge in [-0.2, -0.15) is 0 Å². The number of aliphatic hydroxyl groups is 1. The summed E-state index contributed by atoms with van der Waals surface area (Å²) >= 11 is 0. The third-order valence-electron chi connectivity index (χ3n) is 3.97. The van der Waals surface area contributed by atoms with Crippen LogP contribution < -0.4 is 15.9 Å². The van der Waals surface area contributed by atoms with Crippen molar-refractivity contribution in [3.05, 3.63) is 66.2 Å². The summed E-state index contributed by atoms with van der Waals surface area (Å²) in [5, 5.41) is 18.8. The highest BCUT2D eigenvalue weighted by Gasteiger charge is 2.25. The van der Waals surface area contributed by atoms with Gasteiger partial charge in [0.25, 0.3) is 0 Å². The molecule has 3 aromatic carbocycles. The molecule has 3 nitrogen and oxygen atoms in total. The first-order valence-corrected chi connectivity index (χ1v) is 7.10. The summed E-state index contributed by atoms with van der Waals surface area (Å²) in [7, 11) is 0. The summed E-state index contributed by atoms with van der Waals surface area (Å²) in [5.74, 6) is 0. The number of hydrogen-bond acceptors (Lipinski definition) is 3. The van der Waals surface area contributed by atoms with Gasteiger partial charge in [0.2, 0.25) is 0 Å². The molecule has 0 saturated heterocycles. The van der Waals surface area contributed by atoms with E-state index in [9.17, 15) is 5.11 Å². The van der Waals surface area contributed by atoms with Crippen LogP contribution in [0.25, 0.3) is 10.8 Å². The number of anilines is 2. The van der Waals surface area contributed by atoms with Crippen molar-refractivity contribution in [3.8, 4) is 0 Å². The largest absolute Gasteiger partial charge is 0.406 e. The fourth-order valence-electron chi connectivity index (χ4n) is 2.97. The molecule has 0 unspecified atom stereocenters. The lowest BCUT2D eigenvalue weighted by molar-refractivity contribution is 0.282. The molecule has 0 saturated carbocycles. The number of rotatable bonds is 2. The topological polar surface area (TPSA) is 44.3 Å². The quantitative estimate of drug-likeness (QED) is 0.629. The van der Waals surface area contributed by atoms with Crippen LogP contribution in [-0.4, -0.2) is 12.1 Å². The zero-order chi connectivity index (χ0) is 14.2. The lowest BCUT2D eigenvalue weighted by atomic mass is 9.66. The summed E-state index contributed by atoms with van der Waals surface area (Å²) in [4.78, 5) is 0. The first-order valence-electron chi connectivity index (χ1n) is 7.10. The van der Waals surface area contributed by atoms with Gasteiger partial charge in [-0.1, -0.05) is 48.5 Å². The highest BCUT2D eigenvalue weighted by Crippen LogP contribution is 2.33. The summed E-state index contributed by atoms with van der Waals surface area (Å²) in [6.45, 7) is 0.0733. The van der Waals surface area contributed by atoms with Gasteiger partial charge in [0.05, 0.1) is 6.61 Å². The molecule has 0 radical (unpaired) electrons. The highest BCUT2D eigenvalue weighted by molar-refractivity contribution is 6.80. The maximum Gasteiger partial charge on any atom is 0.406 e. The average Bonchev–Trinajstić information content (AvgIpc) is 2.55. The molecule has 0 aliphatic carbocycles. The zero-order valence-electron chi connectivity index (χ0n) is 11.5. The van der Waals surface area contributed by atoms with Crippen molar-refractivity contribution in [1.82, 2.24) is 0 Å². The molecule has 4 rings (SSSR count). The minimum Gasteiger partial charge on any atom is -0.405 e. The first-order chi connectivity index (χ1) is 10.3. The van der Waals surface area contributed by atoms with E-state index in [1.165, 1.54) is 10.8 Å². The fraction of sp³-hybridized carbons (Fsp3) is 0.0588. The Morgan fingerprint density at radius 3 is 2.19 bits per heavy atom. The van der Waals surface area contributed by atoms with Gasteiger partial charge >= 0.3 is 6.98 Å². The van der Waals surface area contributed by atoms with E-state index in [2.05, 4.69) is 52.9 Å². The average molecular weight is 274 g/mol. The van der Waals surface area contributed by atoms with Crippen LogP contribution in [0.5, 0.6) is 0 Å². The van der Waals surface area contributed by atoms with E-state index in [1.807, 2.05) is 18.2 Å². The molecule has 1 aliphatic rings. The molecule has 0 bridgehead atoms. The summed E-state index contributed by atoms with van der Waals surface area (Å²) in [5.41, 5.74) is 4.32. The molecule has 102 valence electrons. The summed E-state index contributed by atoms with van der Waals surface area (Å²) in [6.07, 6.45) is 0. The van der Waals surface area contributed by atoms with Gasteiger partial charge < -0.3 is 15.6 Å². The van der Waals surface area contributed by atoms with Gasteiger partial charge in [-0.25, -0.2) is 0 Å². The maximum atomic E-state index is 9.30. The smallest absolute Gasteiger partial charge is 0.405 e. The third kappa shape index (κ3) is 2.04. The molecule has 3 aromatic rings. The molecule has 21 heavy (non-hydrogen) atoms. The predicted molar refractivity (Wildman–Crippen MR) is 88.9 cm³/mol. The van der Waals surface area contributed by atoms with Crippen molar-refractivity contribution < 1.29 is 5.11 Å². The van der Waals surface area contributed by atoms with Crippen molar-refractivity contribution >= 4 is 34.6 Å². The lowest BCUT2D eigenvalue weighted by Gasteiger charge is -2.27. The second-order valence-corrected chi connectivity index (χ2v) is 5.33. The lowest BCUT2D eigenvalue weighted by Crippen LogP contribution is -2.47. The van der Waals surface area contributed by atoms with Crippen molar-refractivity contribution in [2.24, 2.45) is 0 Å². The van der Waals surface area contributed by atoms with Crippen LogP contribution in [0.3, 0.4) is 0 Å². The van der Waals surface area contributed by atoms with Gasteiger partial charge in [0.1, 0.15) is 0 Å². The number of aliphatic hydroxyl groups excluding tert-OH is 1. The predicted octanol–water partition coefficient (Wildman–Crippen LogP) is 2.56. The Bertz CT molecular complexity index is 778. The molecule has 0 atom stereocenters. The van der Waals surface area contributed by atoms with Crippen LogP contribution in [-0.2, 0) is 6.61 Å². The number of benzene rings is 3. The number of nitrogens with one attached hydrogen (secondary N) is 2. The minimum atomic E-state index is 0.0111. The monoisotopic (exact) mass is 274 g/mol. The van der Waals surface area contributed by atoms with Gasteiger partial charge in [-0.3, -0.25) is 0 Å². The van der Waals surface area contributed by atoms with Gasteiger partial charge in [0.15, 0.2) is 0 Å². The number of hydrogen-bond donors (Lipinski definition) is 3. The van der Waals surface area contributed by atoms with Crippen molar-refractivity contribution in [1.29, 1.82) is 0 Å². The second-order valence-electron chi connectivity index (χ2n) is 5.33. The van der Waals surface area contributed by atoms with Crippen LogP contribution in [0.2, 0.25) is 0 Å². The van der Waals surface area contributed by atoms with Crippen LogP contribution >= 0.6 is 0 Å². The molecule has 0 aromatic heterocycles. The van der Waals surface area contributed by atoms with E-state index in [0.717, 1.165) is 22.4 Å². The normalized spacial score (nSPS) is 12.9. The Morgan fingerprint density at radius 1 is 0.857 bits per heavy atom. The minimum absolute atomic E-state index is 0.0111. The van der Waals surface area contributed by atoms with Gasteiger partial charge in [0, 0.05) is 16.8 Å². The molecule has 0 fully saturated rings. The van der Waals surface area contributed by atoms with Crippen LogP contribution in [0.4, 0.5) is 11.4 Å². The molecule has 3 N–H and O–H groups in total. The van der Waals surface area contributed by atoms with Crippen molar-refractivity contribution in [2.75, 3.05) is 10.5 Å². The third-order valence-corrected chi connectivity index (χ3v) is 3.97. The van der Waals surface area contributed by atoms with E-state index in [4.69, 9.17) is 0 Å². The van der Waals surface area contributed by atoms with E-state index in [-0.39, 0.29) is 13.6 Å². The maximum absolute atomic E-state index is 9.30. The van der Waals surface area contributed by atoms with Gasteiger partial charge in [-0.15, -0.1) is 0 Å². The first kappa shape index (κ1) is 12.3. The van der Waals surface area contributed by atoms with Crippen LogP contribution in [0.15, 0.2) is 60.7 Å². The molecule has 1 heterocycles. The molecule has 0 amide bonds. The SMILES string of the molecule is OCc1cccc(B2Nc3cccc4cccc(c34)N2)c1. The Balaban J connectivity index is 1.79. The Kier molecular flexibility index (Phi) is 2.83.